The molecule has 0 saturated carbocycles. The van der Waals surface area contributed by atoms with Crippen molar-refractivity contribution < 1.29 is 65.9 Å². The molecule has 55 heavy (non-hydrogen) atoms. The number of carboxylic acid groups (broad SMARTS) is 1. The third-order valence-electron chi connectivity index (χ3n) is 7.48. The number of carbonyl (C=O) groups excluding carboxylic acids is 3. The fourth-order valence-corrected chi connectivity index (χ4v) is 6.34. The molecule has 1 N–H and O–H groups in total. The molecule has 0 spiro atoms. The Morgan fingerprint density at radius 2 is 1.80 bits per heavy atom. The van der Waals surface area contributed by atoms with Gasteiger partial charge in [-0.3, -0.25) is 0 Å². The number of nitriles is 1. The van der Waals surface area contributed by atoms with Crippen LogP contribution in [0.2, 0.25) is 0 Å². The van der Waals surface area contributed by atoms with Crippen molar-refractivity contribution >= 4 is 41.9 Å². The summed E-state index contributed by atoms with van der Waals surface area (Å²) in [7, 11) is 0. The van der Waals surface area contributed by atoms with E-state index in [0.717, 1.165) is 25.1 Å². The summed E-state index contributed by atoms with van der Waals surface area (Å²) in [6.45, 7) is 1.73. The van der Waals surface area contributed by atoms with Crippen LogP contribution in [0.25, 0.3) is 6.08 Å². The highest BCUT2D eigenvalue weighted by molar-refractivity contribution is 8.00. The van der Waals surface area contributed by atoms with E-state index in [4.69, 9.17) is 34.1 Å². The average molecular weight is 787 g/mol. The molecular weight excluding hydrogens is 753 g/mol. The molecule has 0 bridgehead atoms. The number of thioether (sulfide) groups is 1. The maximum Gasteiger partial charge on any atom is 0.512 e. The number of hydrogen-bond donors (Lipinski definition) is 1. The van der Waals surface area contributed by atoms with Crippen LogP contribution in [0, 0.1) is 28.8 Å². The molecule has 3 aromatic rings. The van der Waals surface area contributed by atoms with Crippen molar-refractivity contribution in [2.75, 3.05) is 19.8 Å². The van der Waals surface area contributed by atoms with Crippen LogP contribution in [-0.2, 0) is 55.0 Å². The summed E-state index contributed by atoms with van der Waals surface area (Å²) < 4.78 is 77.1. The standard InChI is InChI=1S/C36H33F3N4O11S/c1-22(55-27-16-50-34(51-17-27)6-4-3-5-25-8-7-24(15-40)13-29(25)38)36(19-43-21-41-20-42-43,28-10-9-26(37)14-30(28)39)54-35(48)53-23(2)52-33(47)12-11-32(46)49-18-31(44)45/h3-14,20-23,27,34H,16-19H2,1-2H3,(H,44,45)/b5-3+,6-4+,12-11+/t22-,23?,27?,34?,36-/m1/s1. The first kappa shape index (κ1) is 41.8. The minimum atomic E-state index is -1.98. The lowest BCUT2D eigenvalue weighted by atomic mass is 9.89. The summed E-state index contributed by atoms with van der Waals surface area (Å²) in [5, 5.41) is 20.3. The van der Waals surface area contributed by atoms with Crippen LogP contribution in [0.3, 0.4) is 0 Å². The van der Waals surface area contributed by atoms with Gasteiger partial charge in [-0.2, -0.15) is 10.4 Å². The molecule has 19 heteroatoms. The number of ether oxygens (including phenoxy) is 6. The number of carbonyl (C=O) groups is 4. The summed E-state index contributed by atoms with van der Waals surface area (Å²) in [4.78, 5) is 51.4. The molecule has 2 aromatic carbocycles. The molecular formula is C36H33F3N4O11S. The first-order chi connectivity index (χ1) is 26.3. The largest absolute Gasteiger partial charge is 0.512 e. The van der Waals surface area contributed by atoms with Gasteiger partial charge in [-0.05, 0) is 37.3 Å². The minimum absolute atomic E-state index is 0.123. The van der Waals surface area contributed by atoms with Gasteiger partial charge in [0, 0.05) is 41.5 Å². The van der Waals surface area contributed by atoms with Gasteiger partial charge >= 0.3 is 24.1 Å². The fourth-order valence-electron chi connectivity index (χ4n) is 4.98. The quantitative estimate of drug-likeness (QED) is 0.0681. The van der Waals surface area contributed by atoms with Crippen LogP contribution in [0.4, 0.5) is 18.0 Å². The number of aromatic nitrogens is 3. The second-order valence-electron chi connectivity index (χ2n) is 11.4. The van der Waals surface area contributed by atoms with Gasteiger partial charge < -0.3 is 33.5 Å². The van der Waals surface area contributed by atoms with Gasteiger partial charge in [0.2, 0.25) is 6.29 Å². The van der Waals surface area contributed by atoms with Gasteiger partial charge in [0.15, 0.2) is 18.5 Å². The third-order valence-corrected chi connectivity index (χ3v) is 8.93. The van der Waals surface area contributed by atoms with Crippen molar-refractivity contribution in [3.8, 4) is 6.07 Å². The Kier molecular flexibility index (Phi) is 15.1. The maximum atomic E-state index is 15.6. The predicted molar refractivity (Wildman–Crippen MR) is 185 cm³/mol. The Labute approximate surface area is 315 Å². The fraction of sp³-hybridized carbons (Fsp3) is 0.306. The van der Waals surface area contributed by atoms with E-state index in [-0.39, 0.29) is 36.4 Å². The minimum Gasteiger partial charge on any atom is -0.479 e. The summed E-state index contributed by atoms with van der Waals surface area (Å²) in [6, 6.07) is 8.67. The van der Waals surface area contributed by atoms with E-state index < -0.39 is 76.8 Å². The Hall–Kier alpha value is -5.97. The monoisotopic (exact) mass is 786 g/mol. The molecule has 1 aliphatic rings. The summed E-state index contributed by atoms with van der Waals surface area (Å²) in [6.07, 6.45) is 6.16. The van der Waals surface area contributed by atoms with Crippen LogP contribution < -0.4 is 0 Å². The van der Waals surface area contributed by atoms with E-state index in [1.165, 1.54) is 47.3 Å². The molecule has 1 aliphatic heterocycles. The second kappa shape index (κ2) is 19.9. The topological polar surface area (TPSA) is 198 Å². The summed E-state index contributed by atoms with van der Waals surface area (Å²) in [5.74, 6) is -6.24. The second-order valence-corrected chi connectivity index (χ2v) is 13.1. The molecule has 0 amide bonds. The molecule has 290 valence electrons. The van der Waals surface area contributed by atoms with E-state index in [2.05, 4.69) is 14.8 Å². The number of benzene rings is 2. The lowest BCUT2D eigenvalue weighted by molar-refractivity contribution is -0.166. The summed E-state index contributed by atoms with van der Waals surface area (Å²) >= 11 is 1.19. The molecule has 3 atom stereocenters. The highest BCUT2D eigenvalue weighted by Gasteiger charge is 2.47. The Morgan fingerprint density at radius 1 is 1.05 bits per heavy atom. The molecule has 1 saturated heterocycles. The zero-order valence-corrected chi connectivity index (χ0v) is 29.9. The molecule has 1 unspecified atom stereocenters. The maximum absolute atomic E-state index is 15.6. The Balaban J connectivity index is 1.47. The van der Waals surface area contributed by atoms with Gasteiger partial charge in [0.25, 0.3) is 0 Å². The number of carboxylic acids is 1. The molecule has 2 heterocycles. The number of aliphatic carboxylic acids is 1. The predicted octanol–water partition coefficient (Wildman–Crippen LogP) is 4.82. The van der Waals surface area contributed by atoms with Crippen LogP contribution in [0.15, 0.2) is 79.4 Å². The first-order valence-electron chi connectivity index (χ1n) is 16.2. The normalized spacial score (nSPS) is 18.0. The van der Waals surface area contributed by atoms with Crippen LogP contribution in [0.1, 0.15) is 30.5 Å². The Morgan fingerprint density at radius 3 is 2.45 bits per heavy atom. The number of rotatable bonds is 16. The molecule has 0 aliphatic carbocycles. The van der Waals surface area contributed by atoms with Crippen molar-refractivity contribution in [2.24, 2.45) is 0 Å². The SMILES string of the molecule is CC(OC(=O)/C=C/C(=O)OCC(=O)O)OC(=O)O[C@@](Cn1cncn1)(c1ccc(F)cc1F)[C@@H](C)SC1COC(/C=C/C=C/c2ccc(C#N)cc2F)OC1. The number of allylic oxidation sites excluding steroid dienone is 2. The molecule has 0 radical (unpaired) electrons. The lowest BCUT2D eigenvalue weighted by Crippen LogP contribution is -2.47. The van der Waals surface area contributed by atoms with Gasteiger partial charge in [-0.25, -0.2) is 42.0 Å². The number of halogens is 3. The van der Waals surface area contributed by atoms with Crippen molar-refractivity contribution in [3.63, 3.8) is 0 Å². The van der Waals surface area contributed by atoms with E-state index >= 15 is 4.39 Å². The first-order valence-corrected chi connectivity index (χ1v) is 17.1. The van der Waals surface area contributed by atoms with Crippen LogP contribution in [0.5, 0.6) is 0 Å². The zero-order chi connectivity index (χ0) is 40.0. The lowest BCUT2D eigenvalue weighted by Gasteiger charge is -2.40. The number of hydrogen-bond acceptors (Lipinski definition) is 14. The molecule has 4 rings (SSSR count). The van der Waals surface area contributed by atoms with Gasteiger partial charge in [0.05, 0.1) is 36.6 Å². The van der Waals surface area contributed by atoms with Crippen molar-refractivity contribution in [3.05, 3.63) is 114 Å². The summed E-state index contributed by atoms with van der Waals surface area (Å²) in [5.41, 5.74) is -1.76. The Bertz CT molecular complexity index is 1960. The molecule has 15 nitrogen and oxygen atoms in total. The van der Waals surface area contributed by atoms with Gasteiger partial charge in [0.1, 0.15) is 30.1 Å². The van der Waals surface area contributed by atoms with Crippen molar-refractivity contribution in [1.29, 1.82) is 5.26 Å². The smallest absolute Gasteiger partial charge is 0.479 e. The molecule has 1 fully saturated rings. The van der Waals surface area contributed by atoms with Gasteiger partial charge in [-0.15, -0.1) is 11.8 Å². The number of nitrogens with zero attached hydrogens (tertiary/aromatic N) is 4. The van der Waals surface area contributed by atoms with Crippen molar-refractivity contribution in [1.82, 2.24) is 14.8 Å². The average Bonchev–Trinajstić information content (AvgIpc) is 3.65. The molecule has 1 aromatic heterocycles. The van der Waals surface area contributed by atoms with Crippen LogP contribution >= 0.6 is 11.8 Å². The third kappa shape index (κ3) is 12.6. The van der Waals surface area contributed by atoms with E-state index in [1.807, 2.05) is 6.07 Å². The van der Waals surface area contributed by atoms with Crippen molar-refractivity contribution in [2.45, 2.75) is 49.1 Å². The zero-order valence-electron chi connectivity index (χ0n) is 29.1. The van der Waals surface area contributed by atoms with E-state index in [9.17, 15) is 28.0 Å². The highest BCUT2D eigenvalue weighted by Crippen LogP contribution is 2.42. The van der Waals surface area contributed by atoms with E-state index in [1.54, 1.807) is 25.2 Å². The van der Waals surface area contributed by atoms with Crippen LogP contribution in [-0.4, -0.2) is 86.8 Å². The number of esters is 2. The highest BCUT2D eigenvalue weighted by atomic mass is 32.2. The van der Waals surface area contributed by atoms with Gasteiger partial charge in [-0.1, -0.05) is 24.3 Å². The van der Waals surface area contributed by atoms with E-state index in [0.29, 0.717) is 18.2 Å².